The van der Waals surface area contributed by atoms with Gasteiger partial charge in [0.25, 0.3) is 5.91 Å². The summed E-state index contributed by atoms with van der Waals surface area (Å²) in [6.45, 7) is 4.91. The summed E-state index contributed by atoms with van der Waals surface area (Å²) >= 11 is 2.90. The van der Waals surface area contributed by atoms with E-state index in [-0.39, 0.29) is 12.3 Å². The third-order valence-corrected chi connectivity index (χ3v) is 5.68. The lowest BCUT2D eigenvalue weighted by Crippen LogP contribution is -2.17. The van der Waals surface area contributed by atoms with Crippen molar-refractivity contribution in [1.29, 1.82) is 0 Å². The van der Waals surface area contributed by atoms with Gasteiger partial charge in [0.05, 0.1) is 12.1 Å². The zero-order valence-electron chi connectivity index (χ0n) is 15.1. The van der Waals surface area contributed by atoms with Gasteiger partial charge in [-0.15, -0.1) is 11.3 Å². The van der Waals surface area contributed by atoms with Gasteiger partial charge in [-0.05, 0) is 46.4 Å². The fraction of sp³-hybridized carbons (Fsp3) is 0.316. The van der Waals surface area contributed by atoms with E-state index in [0.29, 0.717) is 29.0 Å². The van der Waals surface area contributed by atoms with E-state index < -0.39 is 5.97 Å². The Morgan fingerprint density at radius 3 is 2.81 bits per heavy atom. The smallest absolute Gasteiger partial charge is 0.309 e. The number of carbonyl (C=O) groups is 2. The van der Waals surface area contributed by atoms with Gasteiger partial charge < -0.3 is 9.67 Å². The van der Waals surface area contributed by atoms with Crippen LogP contribution in [0.5, 0.6) is 0 Å². The summed E-state index contributed by atoms with van der Waals surface area (Å²) < 4.78 is 1.98. The van der Waals surface area contributed by atoms with Crippen LogP contribution >= 0.6 is 22.7 Å². The molecule has 0 aliphatic carbocycles. The maximum Gasteiger partial charge on any atom is 0.309 e. The van der Waals surface area contributed by atoms with Crippen LogP contribution < -0.4 is 5.32 Å². The lowest BCUT2D eigenvalue weighted by atomic mass is 10.1. The lowest BCUT2D eigenvalue weighted by Gasteiger charge is -2.08. The monoisotopic (exact) mass is 403 g/mol. The summed E-state index contributed by atoms with van der Waals surface area (Å²) in [4.78, 5) is 27.7. The number of nitrogens with one attached hydrogen (secondary N) is 1. The molecule has 0 unspecified atom stereocenters. The number of rotatable bonds is 8. The SMILES string of the molecule is CC(C)c1cc(C(=O)Nc2nc(CC(=O)O)cs2)n(CCc2ccsc2)c1. The number of nitrogens with zero attached hydrogens (tertiary/aromatic N) is 2. The van der Waals surface area contributed by atoms with Crippen molar-refractivity contribution >= 4 is 39.7 Å². The molecular weight excluding hydrogens is 382 g/mol. The first-order valence-corrected chi connectivity index (χ1v) is 10.4. The molecule has 0 atom stereocenters. The van der Waals surface area contributed by atoms with Crippen LogP contribution in [-0.2, 0) is 24.2 Å². The van der Waals surface area contributed by atoms with Crippen LogP contribution in [0.4, 0.5) is 5.13 Å². The van der Waals surface area contributed by atoms with Gasteiger partial charge in [0.15, 0.2) is 5.13 Å². The van der Waals surface area contributed by atoms with E-state index in [1.54, 1.807) is 16.7 Å². The highest BCUT2D eigenvalue weighted by Crippen LogP contribution is 2.22. The number of aliphatic carboxylic acids is 1. The fourth-order valence-electron chi connectivity index (χ4n) is 2.67. The van der Waals surface area contributed by atoms with Gasteiger partial charge in [0, 0.05) is 18.1 Å². The van der Waals surface area contributed by atoms with Gasteiger partial charge in [0.2, 0.25) is 0 Å². The van der Waals surface area contributed by atoms with Crippen molar-refractivity contribution in [2.45, 2.75) is 39.2 Å². The third-order valence-electron chi connectivity index (χ3n) is 4.14. The maximum absolute atomic E-state index is 12.8. The summed E-state index contributed by atoms with van der Waals surface area (Å²) in [7, 11) is 0. The first-order valence-electron chi connectivity index (χ1n) is 8.61. The molecular formula is C19H21N3O3S2. The number of aryl methyl sites for hydroxylation is 2. The van der Waals surface area contributed by atoms with Crippen molar-refractivity contribution in [2.75, 3.05) is 5.32 Å². The van der Waals surface area contributed by atoms with Crippen molar-refractivity contribution in [3.63, 3.8) is 0 Å². The number of hydrogen-bond acceptors (Lipinski definition) is 5. The highest BCUT2D eigenvalue weighted by Gasteiger charge is 2.17. The number of thiophene rings is 1. The number of carboxylic acids is 1. The first kappa shape index (κ1) is 19.3. The normalized spacial score (nSPS) is 11.1. The second-order valence-corrected chi connectivity index (χ2v) is 8.20. The Balaban J connectivity index is 1.75. The third kappa shape index (κ3) is 5.05. The van der Waals surface area contributed by atoms with Crippen LogP contribution in [0.1, 0.15) is 47.1 Å². The van der Waals surface area contributed by atoms with E-state index in [9.17, 15) is 9.59 Å². The molecule has 0 aromatic carbocycles. The molecule has 0 aliphatic heterocycles. The molecule has 0 spiro atoms. The zero-order valence-corrected chi connectivity index (χ0v) is 16.8. The predicted molar refractivity (Wildman–Crippen MR) is 108 cm³/mol. The molecule has 1 amide bonds. The Bertz CT molecular complexity index is 926. The molecule has 0 bridgehead atoms. The summed E-state index contributed by atoms with van der Waals surface area (Å²) in [5.41, 5.74) is 3.39. The minimum Gasteiger partial charge on any atom is -0.481 e. The number of amides is 1. The van der Waals surface area contributed by atoms with Crippen molar-refractivity contribution in [1.82, 2.24) is 9.55 Å². The van der Waals surface area contributed by atoms with Crippen LogP contribution in [0.15, 0.2) is 34.5 Å². The Morgan fingerprint density at radius 2 is 2.15 bits per heavy atom. The lowest BCUT2D eigenvalue weighted by molar-refractivity contribution is -0.136. The number of anilines is 1. The minimum absolute atomic E-state index is 0.152. The molecule has 8 heteroatoms. The fourth-order valence-corrected chi connectivity index (χ4v) is 4.08. The standard InChI is InChI=1S/C19H21N3O3S2/c1-12(2)14-7-16(22(9-14)5-3-13-4-6-26-10-13)18(25)21-19-20-15(11-27-19)8-17(23)24/h4,6-7,9-12H,3,5,8H2,1-2H3,(H,23,24)(H,20,21,25). The average molecular weight is 404 g/mol. The first-order chi connectivity index (χ1) is 12.9. The molecule has 0 saturated heterocycles. The van der Waals surface area contributed by atoms with Crippen LogP contribution in [-0.4, -0.2) is 26.5 Å². The second-order valence-electron chi connectivity index (χ2n) is 6.56. The van der Waals surface area contributed by atoms with Gasteiger partial charge in [-0.2, -0.15) is 11.3 Å². The summed E-state index contributed by atoms with van der Waals surface area (Å²) in [5.74, 6) is -0.855. The van der Waals surface area contributed by atoms with Gasteiger partial charge in [-0.1, -0.05) is 13.8 Å². The largest absolute Gasteiger partial charge is 0.481 e. The quantitative estimate of drug-likeness (QED) is 0.589. The summed E-state index contributed by atoms with van der Waals surface area (Å²) in [6.07, 6.45) is 2.74. The molecule has 142 valence electrons. The van der Waals surface area contributed by atoms with Crippen molar-refractivity contribution in [3.8, 4) is 0 Å². The number of carboxylic acid groups (broad SMARTS) is 1. The van der Waals surface area contributed by atoms with Gasteiger partial charge >= 0.3 is 5.97 Å². The molecule has 0 aliphatic rings. The number of carbonyl (C=O) groups excluding carboxylic acids is 1. The molecule has 6 nitrogen and oxygen atoms in total. The Morgan fingerprint density at radius 1 is 1.33 bits per heavy atom. The van der Waals surface area contributed by atoms with Crippen molar-refractivity contribution in [2.24, 2.45) is 0 Å². The highest BCUT2D eigenvalue weighted by molar-refractivity contribution is 7.14. The van der Waals surface area contributed by atoms with E-state index in [0.717, 1.165) is 12.0 Å². The second kappa shape index (κ2) is 8.49. The maximum atomic E-state index is 12.8. The van der Waals surface area contributed by atoms with Crippen molar-refractivity contribution in [3.05, 3.63) is 57.0 Å². The molecule has 3 heterocycles. The van der Waals surface area contributed by atoms with Gasteiger partial charge in [-0.3, -0.25) is 14.9 Å². The Kier molecular flexibility index (Phi) is 6.08. The number of hydrogen-bond donors (Lipinski definition) is 2. The van der Waals surface area contributed by atoms with Crippen LogP contribution in [0.3, 0.4) is 0 Å². The van der Waals surface area contributed by atoms with E-state index in [4.69, 9.17) is 5.11 Å². The topological polar surface area (TPSA) is 84.2 Å². The molecule has 27 heavy (non-hydrogen) atoms. The zero-order chi connectivity index (χ0) is 19.4. The molecule has 3 rings (SSSR count). The molecule has 0 saturated carbocycles. The minimum atomic E-state index is -0.943. The van der Waals surface area contributed by atoms with Crippen LogP contribution in [0, 0.1) is 0 Å². The number of thiazole rings is 1. The Labute approximate surface area is 165 Å². The Hall–Kier alpha value is -2.45. The molecule has 3 aromatic rings. The average Bonchev–Trinajstić information content (AvgIpc) is 3.33. The van der Waals surface area contributed by atoms with E-state index >= 15 is 0 Å². The molecule has 2 N–H and O–H groups in total. The van der Waals surface area contributed by atoms with Crippen LogP contribution in [0.2, 0.25) is 0 Å². The van der Waals surface area contributed by atoms with E-state index in [2.05, 4.69) is 41.0 Å². The van der Waals surface area contributed by atoms with Crippen LogP contribution in [0.25, 0.3) is 0 Å². The van der Waals surface area contributed by atoms with Gasteiger partial charge in [-0.25, -0.2) is 4.98 Å². The van der Waals surface area contributed by atoms with E-state index in [1.807, 2.05) is 16.8 Å². The predicted octanol–water partition coefficient (Wildman–Crippen LogP) is 4.25. The van der Waals surface area contributed by atoms with E-state index in [1.165, 1.54) is 16.9 Å². The molecule has 0 fully saturated rings. The van der Waals surface area contributed by atoms with Crippen molar-refractivity contribution < 1.29 is 14.7 Å². The summed E-state index contributed by atoms with van der Waals surface area (Å²) in [5, 5.41) is 17.9. The highest BCUT2D eigenvalue weighted by atomic mass is 32.1. The summed E-state index contributed by atoms with van der Waals surface area (Å²) in [6, 6.07) is 4.01. The molecule has 0 radical (unpaired) electrons. The van der Waals surface area contributed by atoms with Gasteiger partial charge in [0.1, 0.15) is 5.69 Å². The number of aromatic nitrogens is 2. The molecule has 3 aromatic heterocycles.